The molecule has 0 radical (unpaired) electrons. The minimum absolute atomic E-state index is 0.0431. The topological polar surface area (TPSA) is 46.3 Å². The average Bonchev–Trinajstić information content (AvgIpc) is 3.20. The first-order valence-corrected chi connectivity index (χ1v) is 11.0. The Bertz CT molecular complexity index is 1220. The van der Waals surface area contributed by atoms with Gasteiger partial charge in [-0.25, -0.2) is 4.39 Å². The molecule has 178 valence electrons. The highest BCUT2D eigenvalue weighted by atomic mass is 19.4. The second-order valence-electron chi connectivity index (χ2n) is 8.69. The summed E-state index contributed by atoms with van der Waals surface area (Å²) in [6, 6.07) is 5.41. The molecule has 0 spiro atoms. The number of fused-ring (bicyclic) bond motifs is 1. The van der Waals surface area contributed by atoms with Crippen molar-refractivity contribution in [2.75, 3.05) is 18.1 Å². The normalized spacial score (nSPS) is 21.0. The van der Waals surface area contributed by atoms with E-state index in [0.717, 1.165) is 12.5 Å². The van der Waals surface area contributed by atoms with Gasteiger partial charge < -0.3 is 4.57 Å². The van der Waals surface area contributed by atoms with Crippen LogP contribution in [0.4, 0.5) is 17.6 Å². The Kier molecular flexibility index (Phi) is 5.98. The number of benzene rings is 1. The van der Waals surface area contributed by atoms with Crippen LogP contribution in [0.3, 0.4) is 0 Å². The lowest BCUT2D eigenvalue weighted by Crippen LogP contribution is -2.61. The molecule has 1 unspecified atom stereocenters. The van der Waals surface area contributed by atoms with Crippen LogP contribution in [0.25, 0.3) is 11.0 Å². The van der Waals surface area contributed by atoms with Crippen molar-refractivity contribution in [1.82, 2.24) is 19.4 Å². The Morgan fingerprint density at radius 1 is 1.18 bits per heavy atom. The first kappa shape index (κ1) is 23.3. The van der Waals surface area contributed by atoms with Crippen molar-refractivity contribution >= 4 is 11.0 Å². The minimum atomic E-state index is -4.63. The number of hydrogen-bond donors (Lipinski definition) is 0. The van der Waals surface area contributed by atoms with Gasteiger partial charge in [0, 0.05) is 31.7 Å². The zero-order valence-electron chi connectivity index (χ0n) is 19.0. The lowest BCUT2D eigenvalue weighted by molar-refractivity contribution is -0.139. The van der Waals surface area contributed by atoms with Gasteiger partial charge in [0.15, 0.2) is 0 Å². The third-order valence-electron chi connectivity index (χ3n) is 6.64. The fourth-order valence-electron chi connectivity index (χ4n) is 4.75. The van der Waals surface area contributed by atoms with Crippen LogP contribution in [0.1, 0.15) is 44.4 Å². The largest absolute Gasteiger partial charge is 0.416 e. The summed E-state index contributed by atoms with van der Waals surface area (Å²) in [5.41, 5.74) is 0.413. The zero-order valence-corrected chi connectivity index (χ0v) is 19.0. The van der Waals surface area contributed by atoms with E-state index in [2.05, 4.69) is 15.0 Å². The average molecular weight is 465 g/mol. The first-order valence-electron chi connectivity index (χ1n) is 11.0. The summed E-state index contributed by atoms with van der Waals surface area (Å²) < 4.78 is 56.0. The summed E-state index contributed by atoms with van der Waals surface area (Å²) in [5.74, 6) is -0.899. The van der Waals surface area contributed by atoms with Crippen LogP contribution in [0, 0.1) is 5.82 Å². The quantitative estimate of drug-likeness (QED) is 0.545. The van der Waals surface area contributed by atoms with E-state index in [9.17, 15) is 22.4 Å². The van der Waals surface area contributed by atoms with Gasteiger partial charge in [-0.3, -0.25) is 14.7 Å². The first-order chi connectivity index (χ1) is 15.5. The number of aromatic nitrogens is 3. The SMILES string of the molecule is CC[C@@H]1CN(n2cc3c(ccc(=O)n3C)n2)[C@@H](C)CN1C(C)c1ccc(F)cc1C(F)(F)F. The molecule has 3 atom stereocenters. The standard InChI is InChI=1S/C23H27F4N5O/c1-5-17-12-31(32-13-21-20(28-32)8-9-22(33)29(21)4)14(2)11-30(17)15(3)18-7-6-16(24)10-19(18)23(25,26)27/h6-10,13-15,17H,5,11-12H2,1-4H3/t14-,15?,17+/m0/s1. The number of aryl methyl sites for hydroxylation is 1. The maximum atomic E-state index is 13.6. The van der Waals surface area contributed by atoms with Gasteiger partial charge in [0.05, 0.1) is 29.9 Å². The van der Waals surface area contributed by atoms with Gasteiger partial charge in [0.25, 0.3) is 5.56 Å². The molecule has 2 aromatic heterocycles. The number of halogens is 4. The number of hydrogen-bond acceptors (Lipinski definition) is 4. The molecule has 33 heavy (non-hydrogen) atoms. The number of piperazine rings is 1. The van der Waals surface area contributed by atoms with E-state index >= 15 is 0 Å². The molecule has 0 aliphatic carbocycles. The van der Waals surface area contributed by atoms with Crippen LogP contribution in [0.15, 0.2) is 41.3 Å². The Labute approximate surface area is 189 Å². The molecule has 1 fully saturated rings. The van der Waals surface area contributed by atoms with Gasteiger partial charge in [0.1, 0.15) is 11.3 Å². The summed E-state index contributed by atoms with van der Waals surface area (Å²) >= 11 is 0. The van der Waals surface area contributed by atoms with Crippen molar-refractivity contribution < 1.29 is 17.6 Å². The minimum Gasteiger partial charge on any atom is -0.308 e. The van der Waals surface area contributed by atoms with E-state index in [1.165, 1.54) is 16.7 Å². The van der Waals surface area contributed by atoms with Gasteiger partial charge in [-0.05, 0) is 44.0 Å². The highest BCUT2D eigenvalue weighted by Crippen LogP contribution is 2.38. The number of nitrogens with zero attached hydrogens (tertiary/aromatic N) is 5. The van der Waals surface area contributed by atoms with Crippen molar-refractivity contribution in [2.45, 2.75) is 51.5 Å². The molecule has 0 saturated carbocycles. The molecule has 1 saturated heterocycles. The van der Waals surface area contributed by atoms with E-state index in [-0.39, 0.29) is 23.2 Å². The lowest BCUT2D eigenvalue weighted by atomic mass is 9.95. The molecular formula is C23H27F4N5O. The van der Waals surface area contributed by atoms with Crippen LogP contribution < -0.4 is 10.6 Å². The summed E-state index contributed by atoms with van der Waals surface area (Å²) in [6.07, 6.45) is -2.11. The molecule has 1 aliphatic rings. The van der Waals surface area contributed by atoms with E-state index in [0.29, 0.717) is 30.2 Å². The highest BCUT2D eigenvalue weighted by molar-refractivity contribution is 5.73. The van der Waals surface area contributed by atoms with Crippen molar-refractivity contribution in [1.29, 1.82) is 0 Å². The zero-order chi connectivity index (χ0) is 24.1. The third kappa shape index (κ3) is 4.23. The van der Waals surface area contributed by atoms with Gasteiger partial charge in [0.2, 0.25) is 0 Å². The summed E-state index contributed by atoms with van der Waals surface area (Å²) in [7, 11) is 1.69. The highest BCUT2D eigenvalue weighted by Gasteiger charge is 2.39. The summed E-state index contributed by atoms with van der Waals surface area (Å²) in [4.78, 5) is 15.7. The Hall–Kier alpha value is -2.88. The van der Waals surface area contributed by atoms with E-state index in [1.807, 2.05) is 13.8 Å². The molecular weight excluding hydrogens is 438 g/mol. The molecule has 0 bridgehead atoms. The predicted molar refractivity (Wildman–Crippen MR) is 118 cm³/mol. The van der Waals surface area contributed by atoms with Crippen LogP contribution in [-0.4, -0.2) is 44.5 Å². The van der Waals surface area contributed by atoms with Crippen molar-refractivity contribution in [3.8, 4) is 0 Å². The van der Waals surface area contributed by atoms with Gasteiger partial charge in [-0.15, -0.1) is 0 Å². The smallest absolute Gasteiger partial charge is 0.308 e. The molecule has 1 aliphatic heterocycles. The molecule has 0 N–H and O–H groups in total. The third-order valence-corrected chi connectivity index (χ3v) is 6.64. The fraction of sp³-hybridized carbons (Fsp3) is 0.478. The molecule has 3 heterocycles. The fourth-order valence-corrected chi connectivity index (χ4v) is 4.75. The maximum absolute atomic E-state index is 13.6. The molecule has 0 amide bonds. The van der Waals surface area contributed by atoms with Crippen LogP contribution in [-0.2, 0) is 13.2 Å². The summed E-state index contributed by atoms with van der Waals surface area (Å²) in [6.45, 7) is 6.78. The van der Waals surface area contributed by atoms with Crippen LogP contribution in [0.2, 0.25) is 0 Å². The van der Waals surface area contributed by atoms with Gasteiger partial charge in [-0.2, -0.15) is 23.1 Å². The molecule has 3 aromatic rings. The number of pyridine rings is 1. The number of alkyl halides is 3. The van der Waals surface area contributed by atoms with E-state index in [1.54, 1.807) is 31.0 Å². The molecule has 10 heteroatoms. The van der Waals surface area contributed by atoms with Crippen molar-refractivity contribution in [2.24, 2.45) is 7.05 Å². The van der Waals surface area contributed by atoms with Crippen LogP contribution >= 0.6 is 0 Å². The maximum Gasteiger partial charge on any atom is 0.416 e. The Balaban J connectivity index is 1.65. The van der Waals surface area contributed by atoms with Gasteiger partial charge in [-0.1, -0.05) is 13.0 Å². The van der Waals surface area contributed by atoms with E-state index < -0.39 is 23.6 Å². The predicted octanol–water partition coefficient (Wildman–Crippen LogP) is 4.07. The Morgan fingerprint density at radius 3 is 2.58 bits per heavy atom. The monoisotopic (exact) mass is 465 g/mol. The molecule has 6 nitrogen and oxygen atoms in total. The number of rotatable bonds is 4. The van der Waals surface area contributed by atoms with E-state index in [4.69, 9.17) is 0 Å². The second kappa shape index (κ2) is 8.48. The van der Waals surface area contributed by atoms with Crippen molar-refractivity contribution in [3.05, 3.63) is 63.8 Å². The second-order valence-corrected chi connectivity index (χ2v) is 8.69. The van der Waals surface area contributed by atoms with Crippen molar-refractivity contribution in [3.63, 3.8) is 0 Å². The summed E-state index contributed by atoms with van der Waals surface area (Å²) in [5, 5.41) is 6.68. The molecule has 4 rings (SSSR count). The van der Waals surface area contributed by atoms with Crippen LogP contribution in [0.5, 0.6) is 0 Å². The van der Waals surface area contributed by atoms with Gasteiger partial charge >= 0.3 is 6.18 Å². The molecule has 1 aromatic carbocycles. The lowest BCUT2D eigenvalue weighted by Gasteiger charge is -2.48. The Morgan fingerprint density at radius 2 is 1.91 bits per heavy atom.